The van der Waals surface area contributed by atoms with Gasteiger partial charge in [0.05, 0.1) is 15.7 Å². The van der Waals surface area contributed by atoms with Crippen molar-refractivity contribution in [2.75, 3.05) is 0 Å². The Bertz CT molecular complexity index is 1030. The zero-order valence-electron chi connectivity index (χ0n) is 14.7. The van der Waals surface area contributed by atoms with E-state index in [9.17, 15) is 4.79 Å². The third kappa shape index (κ3) is 3.78. The SMILES string of the molecule is CCn1c(-c2ccc(Cl)c(Cl)c2)c(C)sc1=NC(=O)c1ccc(C)cc1. The van der Waals surface area contributed by atoms with E-state index in [1.54, 1.807) is 18.2 Å². The third-order valence-electron chi connectivity index (χ3n) is 4.08. The quantitative estimate of drug-likeness (QED) is 0.534. The van der Waals surface area contributed by atoms with Gasteiger partial charge in [0.15, 0.2) is 4.80 Å². The molecule has 0 fully saturated rings. The van der Waals surface area contributed by atoms with Crippen LogP contribution in [0.3, 0.4) is 0 Å². The van der Waals surface area contributed by atoms with Crippen LogP contribution in [0.1, 0.15) is 27.7 Å². The van der Waals surface area contributed by atoms with Crippen LogP contribution >= 0.6 is 34.5 Å². The topological polar surface area (TPSA) is 34.4 Å². The maximum Gasteiger partial charge on any atom is 0.279 e. The average molecular weight is 405 g/mol. The summed E-state index contributed by atoms with van der Waals surface area (Å²) in [4.78, 5) is 18.6. The predicted molar refractivity (Wildman–Crippen MR) is 109 cm³/mol. The van der Waals surface area contributed by atoms with Crippen LogP contribution in [-0.2, 0) is 6.54 Å². The van der Waals surface area contributed by atoms with Crippen LogP contribution in [-0.4, -0.2) is 10.5 Å². The minimum absolute atomic E-state index is 0.242. The van der Waals surface area contributed by atoms with Gasteiger partial charge in [0.1, 0.15) is 0 Å². The highest BCUT2D eigenvalue weighted by atomic mass is 35.5. The number of carbonyl (C=O) groups excluding carboxylic acids is 1. The largest absolute Gasteiger partial charge is 0.316 e. The predicted octanol–water partition coefficient (Wildman–Crippen LogP) is 5.90. The second-order valence-electron chi connectivity index (χ2n) is 5.95. The Hall–Kier alpha value is -1.88. The van der Waals surface area contributed by atoms with E-state index in [1.807, 2.05) is 49.6 Å². The lowest BCUT2D eigenvalue weighted by Gasteiger charge is -2.08. The fourth-order valence-corrected chi connectivity index (χ4v) is 4.11. The number of aryl methyl sites for hydroxylation is 2. The molecule has 0 N–H and O–H groups in total. The summed E-state index contributed by atoms with van der Waals surface area (Å²) in [5.41, 5.74) is 3.66. The van der Waals surface area contributed by atoms with Gasteiger partial charge >= 0.3 is 0 Å². The molecular formula is C20H18Cl2N2OS. The van der Waals surface area contributed by atoms with E-state index in [-0.39, 0.29) is 5.91 Å². The van der Waals surface area contributed by atoms with Crippen LogP contribution in [0.5, 0.6) is 0 Å². The molecule has 0 aliphatic rings. The molecule has 3 rings (SSSR count). The number of amides is 1. The first-order valence-corrected chi connectivity index (χ1v) is 9.79. The summed E-state index contributed by atoms with van der Waals surface area (Å²) in [6.45, 7) is 6.73. The molecule has 3 nitrogen and oxygen atoms in total. The summed E-state index contributed by atoms with van der Waals surface area (Å²) in [5.74, 6) is -0.242. The minimum Gasteiger partial charge on any atom is -0.316 e. The van der Waals surface area contributed by atoms with Gasteiger partial charge < -0.3 is 4.57 Å². The van der Waals surface area contributed by atoms with E-state index in [1.165, 1.54) is 11.3 Å². The second-order valence-corrected chi connectivity index (χ2v) is 7.94. The Morgan fingerprint density at radius 3 is 2.38 bits per heavy atom. The molecule has 1 aromatic heterocycles. The zero-order chi connectivity index (χ0) is 18.8. The number of aromatic nitrogens is 1. The first-order valence-electron chi connectivity index (χ1n) is 8.22. The average Bonchev–Trinajstić information content (AvgIpc) is 2.93. The third-order valence-corrected chi connectivity index (χ3v) is 5.82. The van der Waals surface area contributed by atoms with Crippen molar-refractivity contribution in [1.82, 2.24) is 4.57 Å². The van der Waals surface area contributed by atoms with Crippen LogP contribution in [0.4, 0.5) is 0 Å². The molecule has 0 atom stereocenters. The van der Waals surface area contributed by atoms with E-state index < -0.39 is 0 Å². The lowest BCUT2D eigenvalue weighted by Crippen LogP contribution is -2.17. The number of hydrogen-bond donors (Lipinski definition) is 0. The normalized spacial score (nSPS) is 11.8. The summed E-state index contributed by atoms with van der Waals surface area (Å²) in [6.07, 6.45) is 0. The Morgan fingerprint density at radius 1 is 1.08 bits per heavy atom. The molecule has 134 valence electrons. The van der Waals surface area contributed by atoms with Crippen molar-refractivity contribution < 1.29 is 4.79 Å². The number of hydrogen-bond acceptors (Lipinski definition) is 2. The molecule has 0 aliphatic carbocycles. The van der Waals surface area contributed by atoms with Crippen molar-refractivity contribution in [3.8, 4) is 11.3 Å². The summed E-state index contributed by atoms with van der Waals surface area (Å²) in [6, 6.07) is 13.0. The number of rotatable bonds is 3. The highest BCUT2D eigenvalue weighted by Crippen LogP contribution is 2.31. The van der Waals surface area contributed by atoms with E-state index in [2.05, 4.69) is 4.99 Å². The Kier molecular flexibility index (Phi) is 5.66. The van der Waals surface area contributed by atoms with E-state index in [0.717, 1.165) is 21.7 Å². The molecule has 2 aromatic carbocycles. The fraction of sp³-hybridized carbons (Fsp3) is 0.200. The molecule has 0 radical (unpaired) electrons. The molecule has 3 aromatic rings. The molecule has 0 unspecified atom stereocenters. The van der Waals surface area contributed by atoms with E-state index >= 15 is 0 Å². The second kappa shape index (κ2) is 7.78. The summed E-state index contributed by atoms with van der Waals surface area (Å²) >= 11 is 13.7. The van der Waals surface area contributed by atoms with Crippen LogP contribution in [0, 0.1) is 13.8 Å². The van der Waals surface area contributed by atoms with Crippen LogP contribution < -0.4 is 4.80 Å². The number of carbonyl (C=O) groups is 1. The first kappa shape index (κ1) is 18.9. The lowest BCUT2D eigenvalue weighted by molar-refractivity contribution is 0.0998. The monoisotopic (exact) mass is 404 g/mol. The van der Waals surface area contributed by atoms with Crippen LogP contribution in [0.2, 0.25) is 10.0 Å². The Morgan fingerprint density at radius 2 is 1.77 bits per heavy atom. The highest BCUT2D eigenvalue weighted by molar-refractivity contribution is 7.09. The minimum atomic E-state index is -0.242. The molecule has 1 amide bonds. The van der Waals surface area contributed by atoms with Crippen molar-refractivity contribution in [3.63, 3.8) is 0 Å². The van der Waals surface area contributed by atoms with Crippen LogP contribution in [0.25, 0.3) is 11.3 Å². The molecule has 0 bridgehead atoms. The maximum absolute atomic E-state index is 12.5. The van der Waals surface area contributed by atoms with Crippen molar-refractivity contribution in [1.29, 1.82) is 0 Å². The van der Waals surface area contributed by atoms with Gasteiger partial charge in [-0.1, -0.05) is 47.0 Å². The van der Waals surface area contributed by atoms with Gasteiger partial charge in [-0.05, 0) is 45.0 Å². The van der Waals surface area contributed by atoms with Crippen molar-refractivity contribution >= 4 is 40.4 Å². The van der Waals surface area contributed by atoms with Gasteiger partial charge in [0, 0.05) is 22.5 Å². The van der Waals surface area contributed by atoms with Gasteiger partial charge in [-0.3, -0.25) is 4.79 Å². The van der Waals surface area contributed by atoms with Gasteiger partial charge in [0.2, 0.25) is 0 Å². The molecule has 0 saturated carbocycles. The molecule has 0 spiro atoms. The molecule has 26 heavy (non-hydrogen) atoms. The molecule has 1 heterocycles. The van der Waals surface area contributed by atoms with E-state index in [0.29, 0.717) is 27.0 Å². The van der Waals surface area contributed by atoms with Gasteiger partial charge in [-0.2, -0.15) is 4.99 Å². The molecule has 0 aliphatic heterocycles. The highest BCUT2D eigenvalue weighted by Gasteiger charge is 2.14. The summed E-state index contributed by atoms with van der Waals surface area (Å²) < 4.78 is 2.03. The number of nitrogens with zero attached hydrogens (tertiary/aromatic N) is 2. The van der Waals surface area contributed by atoms with Gasteiger partial charge in [-0.15, -0.1) is 11.3 Å². The van der Waals surface area contributed by atoms with E-state index in [4.69, 9.17) is 23.2 Å². The van der Waals surface area contributed by atoms with Crippen molar-refractivity contribution in [2.24, 2.45) is 4.99 Å². The zero-order valence-corrected chi connectivity index (χ0v) is 17.0. The molecular weight excluding hydrogens is 387 g/mol. The van der Waals surface area contributed by atoms with Gasteiger partial charge in [-0.25, -0.2) is 0 Å². The Balaban J connectivity index is 2.10. The van der Waals surface area contributed by atoms with Crippen molar-refractivity contribution in [2.45, 2.75) is 27.3 Å². The lowest BCUT2D eigenvalue weighted by atomic mass is 10.1. The van der Waals surface area contributed by atoms with Crippen molar-refractivity contribution in [3.05, 3.63) is 73.3 Å². The molecule has 0 saturated heterocycles. The first-order chi connectivity index (χ1) is 12.4. The maximum atomic E-state index is 12.5. The smallest absolute Gasteiger partial charge is 0.279 e. The van der Waals surface area contributed by atoms with Crippen LogP contribution in [0.15, 0.2) is 47.5 Å². The standard InChI is InChI=1S/C20H18Cl2N2OS/c1-4-24-18(15-9-10-16(21)17(22)11-15)13(3)26-20(24)23-19(25)14-7-5-12(2)6-8-14/h5-11H,4H2,1-3H3. The summed E-state index contributed by atoms with van der Waals surface area (Å²) in [7, 11) is 0. The fourth-order valence-electron chi connectivity index (χ4n) is 2.75. The Labute approximate surface area is 166 Å². The number of benzene rings is 2. The van der Waals surface area contributed by atoms with Gasteiger partial charge in [0.25, 0.3) is 5.91 Å². The number of thiazole rings is 1. The summed E-state index contributed by atoms with van der Waals surface area (Å²) in [5, 5.41) is 1.03. The number of halogens is 2. The molecule has 6 heteroatoms.